The Morgan fingerprint density at radius 1 is 1.40 bits per heavy atom. The predicted molar refractivity (Wildman–Crippen MR) is 67.0 cm³/mol. The molecule has 0 saturated carbocycles. The van der Waals surface area contributed by atoms with E-state index in [0.717, 1.165) is 4.57 Å². The molecule has 1 aromatic carbocycles. The standard InChI is InChI=1S/C13H14F3N3O/c1-17-7-9-6-10(14)2-3-11(9)20-8-12-18-4-5-19(12)13(15)16/h2-6,13,17H,7-8H2,1H3. The largest absolute Gasteiger partial charge is 0.485 e. The average molecular weight is 285 g/mol. The Hall–Kier alpha value is -2.02. The minimum atomic E-state index is -2.67. The van der Waals surface area contributed by atoms with Crippen molar-refractivity contribution >= 4 is 0 Å². The van der Waals surface area contributed by atoms with Gasteiger partial charge in [-0.2, -0.15) is 8.78 Å². The highest BCUT2D eigenvalue weighted by molar-refractivity contribution is 5.34. The molecule has 2 aromatic rings. The molecule has 0 radical (unpaired) electrons. The van der Waals surface area contributed by atoms with Crippen LogP contribution in [0.15, 0.2) is 30.6 Å². The molecule has 1 aromatic heterocycles. The summed E-state index contributed by atoms with van der Waals surface area (Å²) < 4.78 is 44.6. The zero-order chi connectivity index (χ0) is 14.5. The molecule has 2 rings (SSSR count). The minimum Gasteiger partial charge on any atom is -0.485 e. The number of imidazole rings is 1. The number of nitrogens with one attached hydrogen (secondary N) is 1. The second kappa shape index (κ2) is 6.42. The zero-order valence-corrected chi connectivity index (χ0v) is 10.8. The van der Waals surface area contributed by atoms with Crippen molar-refractivity contribution in [2.75, 3.05) is 7.05 Å². The van der Waals surface area contributed by atoms with E-state index < -0.39 is 6.55 Å². The van der Waals surface area contributed by atoms with Gasteiger partial charge in [-0.05, 0) is 25.2 Å². The predicted octanol–water partition coefficient (Wildman–Crippen LogP) is 2.72. The first-order valence-electron chi connectivity index (χ1n) is 5.97. The number of benzene rings is 1. The van der Waals surface area contributed by atoms with Crippen molar-refractivity contribution in [3.63, 3.8) is 0 Å². The van der Waals surface area contributed by atoms with E-state index in [0.29, 0.717) is 17.9 Å². The molecule has 0 spiro atoms. The van der Waals surface area contributed by atoms with Crippen LogP contribution in [0.25, 0.3) is 0 Å². The number of hydrogen-bond donors (Lipinski definition) is 1. The third-order valence-corrected chi connectivity index (χ3v) is 2.71. The van der Waals surface area contributed by atoms with E-state index >= 15 is 0 Å². The molecule has 20 heavy (non-hydrogen) atoms. The molecule has 0 amide bonds. The normalized spacial score (nSPS) is 11.1. The third kappa shape index (κ3) is 3.30. The van der Waals surface area contributed by atoms with Crippen molar-refractivity contribution in [2.24, 2.45) is 0 Å². The Kier molecular flexibility index (Phi) is 4.62. The molecule has 0 unspecified atom stereocenters. The summed E-state index contributed by atoms with van der Waals surface area (Å²) in [4.78, 5) is 3.81. The lowest BCUT2D eigenvalue weighted by atomic mass is 10.2. The first-order valence-corrected chi connectivity index (χ1v) is 5.97. The van der Waals surface area contributed by atoms with Crippen LogP contribution in [-0.4, -0.2) is 16.6 Å². The second-order valence-corrected chi connectivity index (χ2v) is 4.10. The highest BCUT2D eigenvalue weighted by Crippen LogP contribution is 2.21. The van der Waals surface area contributed by atoms with Crippen LogP contribution >= 0.6 is 0 Å². The van der Waals surface area contributed by atoms with E-state index in [1.165, 1.54) is 30.6 Å². The molecule has 7 heteroatoms. The van der Waals surface area contributed by atoms with Gasteiger partial charge < -0.3 is 10.1 Å². The lowest BCUT2D eigenvalue weighted by Crippen LogP contribution is -2.10. The fourth-order valence-electron chi connectivity index (χ4n) is 1.79. The molecule has 0 bridgehead atoms. The van der Waals surface area contributed by atoms with Crippen LogP contribution in [0.3, 0.4) is 0 Å². The number of nitrogens with zero attached hydrogens (tertiary/aromatic N) is 2. The van der Waals surface area contributed by atoms with E-state index in [-0.39, 0.29) is 18.2 Å². The molecule has 0 aliphatic rings. The van der Waals surface area contributed by atoms with Gasteiger partial charge in [0.05, 0.1) is 0 Å². The molecule has 0 aliphatic heterocycles. The van der Waals surface area contributed by atoms with Gasteiger partial charge in [-0.25, -0.2) is 9.37 Å². The summed E-state index contributed by atoms with van der Waals surface area (Å²) in [5, 5.41) is 2.89. The minimum absolute atomic E-state index is 0.111. The van der Waals surface area contributed by atoms with Crippen LogP contribution in [0.5, 0.6) is 5.75 Å². The molecular formula is C13H14F3N3O. The van der Waals surface area contributed by atoms with Gasteiger partial charge in [-0.3, -0.25) is 4.57 Å². The maximum atomic E-state index is 13.2. The highest BCUT2D eigenvalue weighted by atomic mass is 19.3. The Bertz CT molecular complexity index is 572. The number of ether oxygens (including phenoxy) is 1. The highest BCUT2D eigenvalue weighted by Gasteiger charge is 2.12. The fraction of sp³-hybridized carbons (Fsp3) is 0.308. The zero-order valence-electron chi connectivity index (χ0n) is 10.8. The van der Waals surface area contributed by atoms with Crippen LogP contribution in [0.1, 0.15) is 17.9 Å². The summed E-state index contributed by atoms with van der Waals surface area (Å²) in [7, 11) is 1.72. The number of hydrogen-bond acceptors (Lipinski definition) is 3. The van der Waals surface area contributed by atoms with E-state index in [9.17, 15) is 13.2 Å². The van der Waals surface area contributed by atoms with Gasteiger partial charge in [0.15, 0.2) is 5.82 Å². The van der Waals surface area contributed by atoms with Crippen molar-refractivity contribution in [3.05, 3.63) is 47.8 Å². The maximum absolute atomic E-state index is 13.2. The lowest BCUT2D eigenvalue weighted by Gasteiger charge is -2.12. The number of halogens is 3. The van der Waals surface area contributed by atoms with Gasteiger partial charge >= 0.3 is 6.55 Å². The van der Waals surface area contributed by atoms with Crippen molar-refractivity contribution in [3.8, 4) is 5.75 Å². The van der Waals surface area contributed by atoms with Gasteiger partial charge in [0.1, 0.15) is 18.2 Å². The van der Waals surface area contributed by atoms with Crippen LogP contribution < -0.4 is 10.1 Å². The van der Waals surface area contributed by atoms with E-state index in [2.05, 4.69) is 10.3 Å². The summed E-state index contributed by atoms with van der Waals surface area (Å²) >= 11 is 0. The first-order chi connectivity index (χ1) is 9.61. The van der Waals surface area contributed by atoms with Crippen LogP contribution in [0, 0.1) is 5.82 Å². The summed E-state index contributed by atoms with van der Waals surface area (Å²) in [6.07, 6.45) is 2.46. The number of aromatic nitrogens is 2. The first kappa shape index (κ1) is 14.4. The van der Waals surface area contributed by atoms with Crippen molar-refractivity contribution < 1.29 is 17.9 Å². The second-order valence-electron chi connectivity index (χ2n) is 4.10. The van der Waals surface area contributed by atoms with Crippen LogP contribution in [-0.2, 0) is 13.2 Å². The molecule has 0 atom stereocenters. The van der Waals surface area contributed by atoms with E-state index in [1.54, 1.807) is 7.05 Å². The Morgan fingerprint density at radius 3 is 2.90 bits per heavy atom. The Labute approximate surface area is 114 Å². The quantitative estimate of drug-likeness (QED) is 0.887. The van der Waals surface area contributed by atoms with Crippen molar-refractivity contribution in [2.45, 2.75) is 19.7 Å². The molecule has 0 saturated heterocycles. The van der Waals surface area contributed by atoms with E-state index in [1.807, 2.05) is 0 Å². The summed E-state index contributed by atoms with van der Waals surface area (Å²) in [5.41, 5.74) is 0.614. The van der Waals surface area contributed by atoms with E-state index in [4.69, 9.17) is 4.74 Å². The Morgan fingerprint density at radius 2 is 2.20 bits per heavy atom. The molecule has 0 fully saturated rings. The molecule has 108 valence electrons. The number of alkyl halides is 2. The summed E-state index contributed by atoms with van der Waals surface area (Å²) in [6, 6.07) is 4.07. The summed E-state index contributed by atoms with van der Waals surface area (Å²) in [6.45, 7) is -2.36. The van der Waals surface area contributed by atoms with Crippen molar-refractivity contribution in [1.29, 1.82) is 0 Å². The summed E-state index contributed by atoms with van der Waals surface area (Å²) in [5.74, 6) is 0.168. The number of rotatable bonds is 6. The smallest absolute Gasteiger partial charge is 0.320 e. The SMILES string of the molecule is CNCc1cc(F)ccc1OCc1nccn1C(F)F. The van der Waals surface area contributed by atoms with Gasteiger partial charge in [-0.1, -0.05) is 0 Å². The molecule has 1 heterocycles. The molecule has 0 aliphatic carbocycles. The van der Waals surface area contributed by atoms with Crippen molar-refractivity contribution in [1.82, 2.24) is 14.9 Å². The fourth-order valence-corrected chi connectivity index (χ4v) is 1.79. The topological polar surface area (TPSA) is 39.1 Å². The van der Waals surface area contributed by atoms with Gasteiger partial charge in [0.25, 0.3) is 0 Å². The maximum Gasteiger partial charge on any atom is 0.320 e. The third-order valence-electron chi connectivity index (χ3n) is 2.71. The molecular weight excluding hydrogens is 271 g/mol. The molecule has 1 N–H and O–H groups in total. The average Bonchev–Trinajstić information content (AvgIpc) is 2.87. The van der Waals surface area contributed by atoms with Gasteiger partial charge in [0.2, 0.25) is 0 Å². The molecule has 4 nitrogen and oxygen atoms in total. The van der Waals surface area contributed by atoms with Gasteiger partial charge in [0, 0.05) is 24.5 Å². The van der Waals surface area contributed by atoms with Crippen LogP contribution in [0.4, 0.5) is 13.2 Å². The van der Waals surface area contributed by atoms with Crippen LogP contribution in [0.2, 0.25) is 0 Å². The lowest BCUT2D eigenvalue weighted by molar-refractivity contribution is 0.0632. The van der Waals surface area contributed by atoms with Gasteiger partial charge in [-0.15, -0.1) is 0 Å². The Balaban J connectivity index is 2.12. The monoisotopic (exact) mass is 285 g/mol.